The molecule has 0 unspecified atom stereocenters. The third kappa shape index (κ3) is 18.9. The zero-order chi connectivity index (χ0) is 22.0. The van der Waals surface area contributed by atoms with Crippen LogP contribution in [0.3, 0.4) is 0 Å². The van der Waals surface area contributed by atoms with Gasteiger partial charge >= 0.3 is 16.5 Å². The maximum atomic E-state index is 10.7. The third-order valence-electron chi connectivity index (χ3n) is 4.14. The predicted octanol–water partition coefficient (Wildman–Crippen LogP) is 6.94. The molecule has 1 aromatic carbocycles. The van der Waals surface area contributed by atoms with Crippen LogP contribution in [0.4, 0.5) is 0 Å². The number of hydrogen-bond donors (Lipinski definition) is 1. The molecule has 0 aliphatic heterocycles. The van der Waals surface area contributed by atoms with E-state index < -0.39 is 20.8 Å². The van der Waals surface area contributed by atoms with Crippen LogP contribution in [0.2, 0.25) is 5.02 Å². The molecule has 5 nitrogen and oxygen atoms in total. The zero-order valence-corrected chi connectivity index (χ0v) is 19.6. The lowest BCUT2D eigenvalue weighted by Gasteiger charge is -2.13. The summed E-state index contributed by atoms with van der Waals surface area (Å²) in [5, 5.41) is 9.54. The number of alkyl halides is 2. The molecule has 0 aliphatic carbocycles. The predicted molar refractivity (Wildman–Crippen MR) is 121 cm³/mol. The minimum atomic E-state index is -2.26. The van der Waals surface area contributed by atoms with E-state index in [-0.39, 0.29) is 6.42 Å². The lowest BCUT2D eigenvalue weighted by molar-refractivity contribution is -0.138. The molecule has 9 heteroatoms. The highest BCUT2D eigenvalue weighted by atomic mass is 35.5. The number of carboxylic acid groups (broad SMARTS) is 1. The number of rotatable bonds is 14. The standard InChI is InChI=1S/C14H25Cl2NO4S.C6H5Cl/c15-14(16,13(18)19)11-9-7-5-3-1-2-4-6-8-10-12-17-22(20)21;7-6-4-2-1-3-5-6/h1-12H2,(H,18,19);1-5H. The van der Waals surface area contributed by atoms with Gasteiger partial charge < -0.3 is 5.11 Å². The number of benzene rings is 1. The Hall–Kier alpha value is -0.820. The Balaban J connectivity index is 0.000000929. The zero-order valence-electron chi connectivity index (χ0n) is 16.5. The Kier molecular flexibility index (Phi) is 17.5. The SMILES string of the molecule is Clc1ccccc1.O=C(O)C(Cl)(Cl)CCCCCCCCCCCCN=S(=O)=O. The van der Waals surface area contributed by atoms with Crippen LogP contribution in [0.15, 0.2) is 34.7 Å². The van der Waals surface area contributed by atoms with Crippen molar-refractivity contribution in [1.29, 1.82) is 0 Å². The molecule has 0 amide bonds. The highest BCUT2D eigenvalue weighted by Crippen LogP contribution is 2.28. The van der Waals surface area contributed by atoms with Crippen LogP contribution in [0, 0.1) is 0 Å². The average Bonchev–Trinajstić information content (AvgIpc) is 2.66. The number of aliphatic carboxylic acids is 1. The van der Waals surface area contributed by atoms with Gasteiger partial charge in [-0.05, 0) is 31.4 Å². The van der Waals surface area contributed by atoms with E-state index in [9.17, 15) is 13.2 Å². The summed E-state index contributed by atoms with van der Waals surface area (Å²) in [6.45, 7) is 0.398. The topological polar surface area (TPSA) is 83.8 Å². The van der Waals surface area contributed by atoms with E-state index in [1.54, 1.807) is 0 Å². The fraction of sp³-hybridized carbons (Fsp3) is 0.650. The van der Waals surface area contributed by atoms with Gasteiger partial charge in [0.05, 0.1) is 6.54 Å². The van der Waals surface area contributed by atoms with Crippen molar-refractivity contribution in [2.24, 2.45) is 4.36 Å². The molecule has 0 aromatic heterocycles. The second kappa shape index (κ2) is 18.0. The number of unbranched alkanes of at least 4 members (excludes halogenated alkanes) is 9. The summed E-state index contributed by atoms with van der Waals surface area (Å²) in [5.74, 6) is -1.18. The molecular formula is C20H30Cl3NO4S. The van der Waals surface area contributed by atoms with Crippen LogP contribution in [-0.2, 0) is 15.3 Å². The summed E-state index contributed by atoms with van der Waals surface area (Å²) >= 11 is 16.8. The van der Waals surface area contributed by atoms with Crippen LogP contribution >= 0.6 is 34.8 Å². The van der Waals surface area contributed by atoms with Gasteiger partial charge in [0.15, 0.2) is 0 Å². The monoisotopic (exact) mass is 485 g/mol. The van der Waals surface area contributed by atoms with Crippen LogP contribution in [-0.4, -0.2) is 30.4 Å². The Morgan fingerprint density at radius 1 is 0.862 bits per heavy atom. The molecule has 0 saturated heterocycles. The van der Waals surface area contributed by atoms with E-state index in [1.807, 2.05) is 30.3 Å². The molecule has 0 heterocycles. The van der Waals surface area contributed by atoms with E-state index in [4.69, 9.17) is 39.9 Å². The van der Waals surface area contributed by atoms with E-state index in [2.05, 4.69) is 4.36 Å². The molecule has 0 aliphatic rings. The van der Waals surface area contributed by atoms with Gasteiger partial charge in [-0.3, -0.25) is 0 Å². The van der Waals surface area contributed by atoms with Gasteiger partial charge in [0.25, 0.3) is 0 Å². The fourth-order valence-corrected chi connectivity index (χ4v) is 3.22. The Bertz CT molecular complexity index is 674. The number of nitrogens with zero attached hydrogens (tertiary/aromatic N) is 1. The van der Waals surface area contributed by atoms with Crippen molar-refractivity contribution in [3.63, 3.8) is 0 Å². The van der Waals surface area contributed by atoms with Crippen molar-refractivity contribution in [2.45, 2.75) is 75.0 Å². The summed E-state index contributed by atoms with van der Waals surface area (Å²) in [6.07, 6.45) is 10.6. The van der Waals surface area contributed by atoms with Crippen LogP contribution in [0.5, 0.6) is 0 Å². The van der Waals surface area contributed by atoms with Crippen molar-refractivity contribution < 1.29 is 18.3 Å². The number of hydrogen-bond acceptors (Lipinski definition) is 4. The van der Waals surface area contributed by atoms with Crippen LogP contribution in [0.1, 0.15) is 70.6 Å². The molecular weight excluding hydrogens is 457 g/mol. The van der Waals surface area contributed by atoms with Gasteiger partial charge in [-0.25, -0.2) is 4.79 Å². The third-order valence-corrected chi connectivity index (χ3v) is 5.49. The second-order valence-corrected chi connectivity index (χ2v) is 9.27. The maximum Gasteiger partial charge on any atom is 0.340 e. The van der Waals surface area contributed by atoms with Crippen molar-refractivity contribution in [2.75, 3.05) is 6.54 Å². The van der Waals surface area contributed by atoms with Gasteiger partial charge in [-0.2, -0.15) is 12.8 Å². The maximum absolute atomic E-state index is 10.7. The quantitative estimate of drug-likeness (QED) is 0.228. The van der Waals surface area contributed by atoms with E-state index >= 15 is 0 Å². The first kappa shape index (κ1) is 28.2. The highest BCUT2D eigenvalue weighted by molar-refractivity contribution is 7.61. The first-order valence-corrected chi connectivity index (χ1v) is 12.0. The van der Waals surface area contributed by atoms with Crippen molar-refractivity contribution in [3.05, 3.63) is 35.4 Å². The molecule has 0 saturated carbocycles. The minimum Gasteiger partial charge on any atom is -0.479 e. The number of halogens is 3. The van der Waals surface area contributed by atoms with E-state index in [0.29, 0.717) is 6.54 Å². The van der Waals surface area contributed by atoms with E-state index in [0.717, 1.165) is 56.4 Å². The molecule has 1 N–H and O–H groups in total. The summed E-state index contributed by atoms with van der Waals surface area (Å²) in [5.41, 5.74) is 0. The van der Waals surface area contributed by atoms with Crippen molar-refractivity contribution in [3.8, 4) is 0 Å². The van der Waals surface area contributed by atoms with E-state index in [1.165, 1.54) is 12.8 Å². The summed E-state index contributed by atoms with van der Waals surface area (Å²) < 4.78 is 22.1. The molecule has 166 valence electrons. The summed E-state index contributed by atoms with van der Waals surface area (Å²) in [7, 11) is -2.26. The molecule has 0 bridgehead atoms. The van der Waals surface area contributed by atoms with Crippen molar-refractivity contribution >= 4 is 51.3 Å². The Labute approximate surface area is 190 Å². The molecule has 0 fully saturated rings. The Morgan fingerprint density at radius 3 is 1.69 bits per heavy atom. The van der Waals surface area contributed by atoms with Gasteiger partial charge in [0, 0.05) is 5.02 Å². The van der Waals surface area contributed by atoms with Gasteiger partial charge in [-0.15, -0.1) is 0 Å². The molecule has 1 rings (SSSR count). The summed E-state index contributed by atoms with van der Waals surface area (Å²) in [4.78, 5) is 10.7. The Morgan fingerprint density at radius 2 is 1.31 bits per heavy atom. The van der Waals surface area contributed by atoms with Gasteiger partial charge in [-0.1, -0.05) is 104 Å². The van der Waals surface area contributed by atoms with Crippen LogP contribution < -0.4 is 0 Å². The fourth-order valence-electron chi connectivity index (χ4n) is 2.53. The largest absolute Gasteiger partial charge is 0.479 e. The molecule has 29 heavy (non-hydrogen) atoms. The number of carboxylic acids is 1. The van der Waals surface area contributed by atoms with Gasteiger partial charge in [0.2, 0.25) is 4.33 Å². The molecule has 0 radical (unpaired) electrons. The highest BCUT2D eigenvalue weighted by Gasteiger charge is 2.32. The first-order valence-electron chi connectivity index (χ1n) is 9.84. The normalized spacial score (nSPS) is 10.7. The lowest BCUT2D eigenvalue weighted by atomic mass is 10.0. The van der Waals surface area contributed by atoms with Crippen molar-refractivity contribution in [1.82, 2.24) is 0 Å². The van der Waals surface area contributed by atoms with Crippen LogP contribution in [0.25, 0.3) is 0 Å². The molecule has 0 atom stereocenters. The lowest BCUT2D eigenvalue weighted by Crippen LogP contribution is -2.25. The summed E-state index contributed by atoms with van der Waals surface area (Å²) in [6, 6.07) is 9.44. The minimum absolute atomic E-state index is 0.282. The van der Waals surface area contributed by atoms with Gasteiger partial charge in [0.1, 0.15) is 0 Å². The molecule has 1 aromatic rings. The molecule has 0 spiro atoms. The first-order chi connectivity index (χ1) is 13.8. The average molecular weight is 487 g/mol. The smallest absolute Gasteiger partial charge is 0.340 e. The second-order valence-electron chi connectivity index (χ2n) is 6.66. The number of carbonyl (C=O) groups is 1.